The lowest BCUT2D eigenvalue weighted by molar-refractivity contribution is 0.194. The molecule has 0 spiro atoms. The second kappa shape index (κ2) is 6.58. The van der Waals surface area contributed by atoms with Gasteiger partial charge in [0.15, 0.2) is 5.65 Å². The first-order valence-electron chi connectivity index (χ1n) is 7.35. The molecule has 2 aromatic heterocycles. The van der Waals surface area contributed by atoms with Crippen LogP contribution in [0.25, 0.3) is 11.2 Å². The number of aryl methyl sites for hydroxylation is 1. The van der Waals surface area contributed by atoms with E-state index in [1.165, 1.54) is 0 Å². The average molecular weight is 297 g/mol. The van der Waals surface area contributed by atoms with Crippen molar-refractivity contribution in [3.8, 4) is 5.75 Å². The minimum atomic E-state index is 0.276. The van der Waals surface area contributed by atoms with Gasteiger partial charge in [-0.05, 0) is 36.2 Å². The Labute approximate surface area is 129 Å². The molecule has 0 unspecified atom stereocenters. The third-order valence-corrected chi connectivity index (χ3v) is 3.61. The van der Waals surface area contributed by atoms with Crippen LogP contribution in [0.3, 0.4) is 0 Å². The maximum Gasteiger partial charge on any atom is 0.160 e. The third kappa shape index (κ3) is 3.09. The predicted molar refractivity (Wildman–Crippen MR) is 84.9 cm³/mol. The fraction of sp³-hybridized carbons (Fsp3) is 0.294. The van der Waals surface area contributed by atoms with Crippen molar-refractivity contribution < 1.29 is 9.84 Å². The van der Waals surface area contributed by atoms with E-state index in [1.807, 2.05) is 24.3 Å². The monoisotopic (exact) mass is 297 g/mol. The fourth-order valence-corrected chi connectivity index (χ4v) is 2.52. The molecule has 0 saturated carbocycles. The lowest BCUT2D eigenvalue weighted by Gasteiger charge is -2.09. The van der Waals surface area contributed by atoms with Gasteiger partial charge in [0.25, 0.3) is 0 Å². The van der Waals surface area contributed by atoms with Gasteiger partial charge in [-0.2, -0.15) is 0 Å². The van der Waals surface area contributed by atoms with E-state index >= 15 is 0 Å². The van der Waals surface area contributed by atoms with Gasteiger partial charge < -0.3 is 14.4 Å². The van der Waals surface area contributed by atoms with E-state index in [-0.39, 0.29) is 5.75 Å². The highest BCUT2D eigenvalue weighted by atomic mass is 16.5. The summed E-state index contributed by atoms with van der Waals surface area (Å²) in [5.41, 5.74) is 2.91. The van der Waals surface area contributed by atoms with Crippen molar-refractivity contribution in [2.75, 3.05) is 13.7 Å². The van der Waals surface area contributed by atoms with Crippen LogP contribution in [0.2, 0.25) is 0 Å². The van der Waals surface area contributed by atoms with Gasteiger partial charge in [0, 0.05) is 26.3 Å². The topological polar surface area (TPSA) is 60.2 Å². The van der Waals surface area contributed by atoms with Gasteiger partial charge >= 0.3 is 0 Å². The van der Waals surface area contributed by atoms with Gasteiger partial charge in [0.2, 0.25) is 0 Å². The highest BCUT2D eigenvalue weighted by Crippen LogP contribution is 2.18. The Balaban J connectivity index is 1.94. The van der Waals surface area contributed by atoms with Crippen LogP contribution in [0.5, 0.6) is 5.75 Å². The summed E-state index contributed by atoms with van der Waals surface area (Å²) >= 11 is 0. The molecule has 2 heterocycles. The molecule has 0 bridgehead atoms. The number of phenolic OH excluding ortho intramolecular Hbond substituents is 1. The lowest BCUT2D eigenvalue weighted by atomic mass is 10.2. The van der Waals surface area contributed by atoms with E-state index in [4.69, 9.17) is 9.72 Å². The van der Waals surface area contributed by atoms with Crippen LogP contribution in [-0.4, -0.2) is 33.4 Å². The zero-order valence-corrected chi connectivity index (χ0v) is 12.6. The van der Waals surface area contributed by atoms with Crippen molar-refractivity contribution in [1.82, 2.24) is 14.5 Å². The number of benzene rings is 1. The number of phenols is 1. The van der Waals surface area contributed by atoms with Crippen molar-refractivity contribution in [2.45, 2.75) is 19.4 Å². The molecule has 0 amide bonds. The van der Waals surface area contributed by atoms with Gasteiger partial charge in [-0.25, -0.2) is 9.97 Å². The van der Waals surface area contributed by atoms with E-state index < -0.39 is 0 Å². The van der Waals surface area contributed by atoms with E-state index in [0.29, 0.717) is 6.54 Å². The van der Waals surface area contributed by atoms with Crippen LogP contribution in [-0.2, 0) is 17.7 Å². The second-order valence-electron chi connectivity index (χ2n) is 5.22. The Morgan fingerprint density at radius 3 is 2.77 bits per heavy atom. The summed E-state index contributed by atoms with van der Waals surface area (Å²) in [7, 11) is 1.71. The van der Waals surface area contributed by atoms with Gasteiger partial charge in [-0.3, -0.25) is 0 Å². The fourth-order valence-electron chi connectivity index (χ4n) is 2.52. The standard InChI is InChI=1S/C17H19N3O2/c1-22-11-3-5-16-19-15-4-2-10-18-17(15)20(16)12-13-6-8-14(21)9-7-13/h2,4,6-10,21H,3,5,11-12H2,1H3. The molecule has 0 aliphatic carbocycles. The number of hydrogen-bond donors (Lipinski definition) is 1. The molecule has 5 nitrogen and oxygen atoms in total. The first-order chi connectivity index (χ1) is 10.8. The molecule has 3 aromatic rings. The molecule has 0 fully saturated rings. The molecule has 5 heteroatoms. The zero-order chi connectivity index (χ0) is 15.4. The Bertz CT molecular complexity index is 750. The molecule has 0 radical (unpaired) electrons. The molecule has 114 valence electrons. The Morgan fingerprint density at radius 2 is 2.00 bits per heavy atom. The maximum atomic E-state index is 9.41. The zero-order valence-electron chi connectivity index (χ0n) is 12.6. The molecular weight excluding hydrogens is 278 g/mol. The summed E-state index contributed by atoms with van der Waals surface area (Å²) < 4.78 is 7.26. The van der Waals surface area contributed by atoms with Crippen molar-refractivity contribution in [3.05, 3.63) is 54.0 Å². The summed E-state index contributed by atoms with van der Waals surface area (Å²) in [6.07, 6.45) is 3.56. The van der Waals surface area contributed by atoms with E-state index in [0.717, 1.165) is 42.0 Å². The third-order valence-electron chi connectivity index (χ3n) is 3.61. The molecule has 1 N–H and O–H groups in total. The van der Waals surface area contributed by atoms with Crippen molar-refractivity contribution >= 4 is 11.2 Å². The number of imidazole rings is 1. The smallest absolute Gasteiger partial charge is 0.160 e. The minimum Gasteiger partial charge on any atom is -0.508 e. The number of hydrogen-bond acceptors (Lipinski definition) is 4. The van der Waals surface area contributed by atoms with E-state index in [2.05, 4.69) is 9.55 Å². The molecule has 0 atom stereocenters. The summed E-state index contributed by atoms with van der Waals surface area (Å²) in [5, 5.41) is 9.41. The maximum absolute atomic E-state index is 9.41. The average Bonchev–Trinajstić information content (AvgIpc) is 2.88. The minimum absolute atomic E-state index is 0.276. The summed E-state index contributed by atoms with van der Waals surface area (Å²) in [6.45, 7) is 1.41. The largest absolute Gasteiger partial charge is 0.508 e. The molecule has 0 aliphatic heterocycles. The Kier molecular flexibility index (Phi) is 4.34. The summed E-state index contributed by atoms with van der Waals surface area (Å²) in [5.74, 6) is 1.29. The first-order valence-corrected chi connectivity index (χ1v) is 7.35. The van der Waals surface area contributed by atoms with Gasteiger partial charge in [-0.1, -0.05) is 12.1 Å². The molecule has 3 rings (SSSR count). The number of nitrogens with zero attached hydrogens (tertiary/aromatic N) is 3. The number of methoxy groups -OCH3 is 1. The lowest BCUT2D eigenvalue weighted by Crippen LogP contribution is -2.07. The van der Waals surface area contributed by atoms with Crippen LogP contribution in [0.15, 0.2) is 42.6 Å². The SMILES string of the molecule is COCCCc1nc2cccnc2n1Cc1ccc(O)cc1. The van der Waals surface area contributed by atoms with Crippen LogP contribution in [0.1, 0.15) is 17.8 Å². The van der Waals surface area contributed by atoms with Gasteiger partial charge in [0.05, 0.1) is 6.54 Å². The predicted octanol–water partition coefficient (Wildman–Crippen LogP) is 2.76. The number of rotatable bonds is 6. The highest BCUT2D eigenvalue weighted by molar-refractivity contribution is 5.71. The second-order valence-corrected chi connectivity index (χ2v) is 5.22. The number of aromatic hydroxyl groups is 1. The molecule has 1 aromatic carbocycles. The Morgan fingerprint density at radius 1 is 1.18 bits per heavy atom. The molecule has 22 heavy (non-hydrogen) atoms. The van der Waals surface area contributed by atoms with Crippen LogP contribution in [0.4, 0.5) is 0 Å². The summed E-state index contributed by atoms with van der Waals surface area (Å²) in [4.78, 5) is 9.16. The van der Waals surface area contributed by atoms with Crippen LogP contribution < -0.4 is 0 Å². The number of fused-ring (bicyclic) bond motifs is 1. The molecule has 0 saturated heterocycles. The Hall–Kier alpha value is -2.40. The van der Waals surface area contributed by atoms with Crippen LogP contribution in [0, 0.1) is 0 Å². The number of pyridine rings is 1. The van der Waals surface area contributed by atoms with E-state index in [1.54, 1.807) is 25.4 Å². The van der Waals surface area contributed by atoms with Crippen molar-refractivity contribution in [1.29, 1.82) is 0 Å². The van der Waals surface area contributed by atoms with Gasteiger partial charge in [0.1, 0.15) is 17.1 Å². The molecule has 0 aliphatic rings. The van der Waals surface area contributed by atoms with Crippen molar-refractivity contribution in [2.24, 2.45) is 0 Å². The molecular formula is C17H19N3O2. The van der Waals surface area contributed by atoms with Crippen LogP contribution >= 0.6 is 0 Å². The van der Waals surface area contributed by atoms with Crippen molar-refractivity contribution in [3.63, 3.8) is 0 Å². The highest BCUT2D eigenvalue weighted by Gasteiger charge is 2.11. The summed E-state index contributed by atoms with van der Waals surface area (Å²) in [6, 6.07) is 11.1. The normalized spacial score (nSPS) is 11.1. The number of ether oxygens (including phenoxy) is 1. The van der Waals surface area contributed by atoms with E-state index in [9.17, 15) is 5.11 Å². The van der Waals surface area contributed by atoms with Gasteiger partial charge in [-0.15, -0.1) is 0 Å². The number of aromatic nitrogens is 3. The quantitative estimate of drug-likeness (QED) is 0.711. The first kappa shape index (κ1) is 14.5.